The summed E-state index contributed by atoms with van der Waals surface area (Å²) in [6, 6.07) is 0. The Hall–Kier alpha value is -0.600. The highest BCUT2D eigenvalue weighted by Gasteiger charge is 2.22. The van der Waals surface area contributed by atoms with Crippen LogP contribution in [-0.2, 0) is 0 Å². The number of hydrogen-bond acceptors (Lipinski definition) is 2. The van der Waals surface area contributed by atoms with E-state index in [0.717, 1.165) is 11.1 Å². The Balaban J connectivity index is 2.86. The van der Waals surface area contributed by atoms with Gasteiger partial charge in [-0.3, -0.25) is 0 Å². The van der Waals surface area contributed by atoms with E-state index >= 15 is 0 Å². The van der Waals surface area contributed by atoms with E-state index in [-0.39, 0.29) is 0 Å². The lowest BCUT2D eigenvalue weighted by Gasteiger charge is -2.09. The van der Waals surface area contributed by atoms with Crippen LogP contribution in [0.1, 0.15) is 13.8 Å². The van der Waals surface area contributed by atoms with E-state index in [1.807, 2.05) is 13.8 Å². The number of allylic oxidation sites excluding steroid dienone is 1. The smallest absolute Gasteiger partial charge is 0.108 e. The normalized spacial score (nSPS) is 31.4. The molecule has 0 saturated heterocycles. The molecule has 1 aliphatic rings. The number of rotatable bonds is 0. The first-order valence-corrected chi connectivity index (χ1v) is 3.34. The van der Waals surface area contributed by atoms with E-state index in [1.165, 1.54) is 0 Å². The van der Waals surface area contributed by atoms with E-state index in [1.54, 1.807) is 12.2 Å². The molecule has 1 aliphatic carbocycles. The maximum Gasteiger partial charge on any atom is 0.108 e. The molecule has 0 aromatic rings. The average molecular weight is 140 g/mol. The predicted molar refractivity (Wildman–Crippen MR) is 39.5 cm³/mol. The van der Waals surface area contributed by atoms with Crippen molar-refractivity contribution >= 4 is 0 Å². The summed E-state index contributed by atoms with van der Waals surface area (Å²) in [6.07, 6.45) is 1.97. The van der Waals surface area contributed by atoms with Crippen LogP contribution in [0.4, 0.5) is 0 Å². The van der Waals surface area contributed by atoms with Gasteiger partial charge >= 0.3 is 0 Å². The van der Waals surface area contributed by atoms with Crippen molar-refractivity contribution < 1.29 is 10.2 Å². The monoisotopic (exact) mass is 140 g/mol. The standard InChI is InChI=1S/C8H12O2/c1-5(2)6-3-4-7(9)8(6)10/h3-4,7-10H,1-2H3/t7-,8+/m0/s1. The largest absolute Gasteiger partial charge is 0.386 e. The highest BCUT2D eigenvalue weighted by molar-refractivity contribution is 5.35. The van der Waals surface area contributed by atoms with Crippen molar-refractivity contribution in [1.29, 1.82) is 0 Å². The summed E-state index contributed by atoms with van der Waals surface area (Å²) in [7, 11) is 0. The number of aliphatic hydroxyl groups excluding tert-OH is 2. The van der Waals surface area contributed by atoms with Crippen LogP contribution in [0, 0.1) is 0 Å². The Morgan fingerprint density at radius 2 is 2.00 bits per heavy atom. The zero-order valence-electron chi connectivity index (χ0n) is 6.20. The van der Waals surface area contributed by atoms with Crippen LogP contribution in [0.5, 0.6) is 0 Å². The van der Waals surface area contributed by atoms with Crippen molar-refractivity contribution in [2.75, 3.05) is 0 Å². The van der Waals surface area contributed by atoms with Crippen molar-refractivity contribution in [3.05, 3.63) is 23.3 Å². The minimum absolute atomic E-state index is 0.704. The summed E-state index contributed by atoms with van der Waals surface area (Å²) in [5, 5.41) is 18.3. The third-order valence-corrected chi connectivity index (χ3v) is 1.69. The molecule has 2 atom stereocenters. The molecule has 1 rings (SSSR count). The summed E-state index contributed by atoms with van der Waals surface area (Å²) in [5.41, 5.74) is 1.90. The van der Waals surface area contributed by atoms with Gasteiger partial charge in [0.2, 0.25) is 0 Å². The van der Waals surface area contributed by atoms with Gasteiger partial charge in [0.05, 0.1) is 0 Å². The molecule has 0 amide bonds. The van der Waals surface area contributed by atoms with Gasteiger partial charge in [-0.2, -0.15) is 0 Å². The minimum Gasteiger partial charge on any atom is -0.386 e. The minimum atomic E-state index is -0.704. The van der Waals surface area contributed by atoms with Gasteiger partial charge in [0.25, 0.3) is 0 Å². The van der Waals surface area contributed by atoms with Crippen LogP contribution in [0.15, 0.2) is 23.3 Å². The maximum atomic E-state index is 9.26. The maximum absolute atomic E-state index is 9.26. The zero-order chi connectivity index (χ0) is 7.72. The summed E-state index contributed by atoms with van der Waals surface area (Å²) >= 11 is 0. The summed E-state index contributed by atoms with van der Waals surface area (Å²) in [4.78, 5) is 0. The zero-order valence-corrected chi connectivity index (χ0v) is 6.20. The molecule has 0 radical (unpaired) electrons. The van der Waals surface area contributed by atoms with Crippen molar-refractivity contribution in [3.8, 4) is 0 Å². The van der Waals surface area contributed by atoms with Crippen LogP contribution >= 0.6 is 0 Å². The van der Waals surface area contributed by atoms with Crippen molar-refractivity contribution in [1.82, 2.24) is 0 Å². The van der Waals surface area contributed by atoms with Gasteiger partial charge in [0.15, 0.2) is 0 Å². The van der Waals surface area contributed by atoms with Gasteiger partial charge in [-0.05, 0) is 19.4 Å². The van der Waals surface area contributed by atoms with Gasteiger partial charge in [0, 0.05) is 0 Å². The quantitative estimate of drug-likeness (QED) is 0.517. The van der Waals surface area contributed by atoms with Gasteiger partial charge in [-0.15, -0.1) is 0 Å². The molecule has 0 aromatic heterocycles. The Labute approximate surface area is 60.5 Å². The Bertz CT molecular complexity index is 187. The average Bonchev–Trinajstić information content (AvgIpc) is 2.14. The molecule has 0 aliphatic heterocycles. The van der Waals surface area contributed by atoms with Crippen LogP contribution in [-0.4, -0.2) is 22.4 Å². The van der Waals surface area contributed by atoms with Gasteiger partial charge < -0.3 is 10.2 Å². The van der Waals surface area contributed by atoms with Crippen LogP contribution < -0.4 is 0 Å². The third-order valence-electron chi connectivity index (χ3n) is 1.69. The Morgan fingerprint density at radius 3 is 2.20 bits per heavy atom. The van der Waals surface area contributed by atoms with Crippen molar-refractivity contribution in [2.45, 2.75) is 26.1 Å². The molecule has 0 aromatic carbocycles. The highest BCUT2D eigenvalue weighted by Crippen LogP contribution is 2.20. The SMILES string of the molecule is CC(C)=C1C=C[C@H](O)[C@@H]1O. The van der Waals surface area contributed by atoms with E-state index < -0.39 is 12.2 Å². The molecule has 2 nitrogen and oxygen atoms in total. The van der Waals surface area contributed by atoms with E-state index in [9.17, 15) is 5.11 Å². The second kappa shape index (κ2) is 2.56. The molecule has 0 fully saturated rings. The molecule has 0 bridgehead atoms. The second-order valence-electron chi connectivity index (χ2n) is 2.75. The summed E-state index contributed by atoms with van der Waals surface area (Å²) in [6.45, 7) is 3.84. The fraction of sp³-hybridized carbons (Fsp3) is 0.500. The first kappa shape index (κ1) is 7.51. The molecule has 0 saturated carbocycles. The van der Waals surface area contributed by atoms with Crippen molar-refractivity contribution in [3.63, 3.8) is 0 Å². The number of aliphatic hydroxyl groups is 2. The predicted octanol–water partition coefficient (Wildman–Crippen LogP) is 0.614. The first-order valence-electron chi connectivity index (χ1n) is 3.34. The molecular weight excluding hydrogens is 128 g/mol. The fourth-order valence-electron chi connectivity index (χ4n) is 1.05. The fourth-order valence-corrected chi connectivity index (χ4v) is 1.05. The molecular formula is C8H12O2. The third kappa shape index (κ3) is 1.13. The van der Waals surface area contributed by atoms with Gasteiger partial charge in [0.1, 0.15) is 12.2 Å². The molecule has 2 heteroatoms. The highest BCUT2D eigenvalue weighted by atomic mass is 16.3. The second-order valence-corrected chi connectivity index (χ2v) is 2.75. The molecule has 0 spiro atoms. The first-order chi connectivity index (χ1) is 4.63. The van der Waals surface area contributed by atoms with Crippen LogP contribution in [0.3, 0.4) is 0 Å². The molecule has 56 valence electrons. The molecule has 10 heavy (non-hydrogen) atoms. The Kier molecular flexibility index (Phi) is 1.92. The number of hydrogen-bond donors (Lipinski definition) is 2. The Morgan fingerprint density at radius 1 is 1.40 bits per heavy atom. The summed E-state index contributed by atoms with van der Waals surface area (Å²) < 4.78 is 0. The van der Waals surface area contributed by atoms with E-state index in [2.05, 4.69) is 0 Å². The van der Waals surface area contributed by atoms with E-state index in [0.29, 0.717) is 0 Å². The lowest BCUT2D eigenvalue weighted by Crippen LogP contribution is -2.20. The summed E-state index contributed by atoms with van der Waals surface area (Å²) in [5.74, 6) is 0. The topological polar surface area (TPSA) is 40.5 Å². The van der Waals surface area contributed by atoms with Crippen LogP contribution in [0.2, 0.25) is 0 Å². The lowest BCUT2D eigenvalue weighted by atomic mass is 10.1. The van der Waals surface area contributed by atoms with E-state index in [4.69, 9.17) is 5.11 Å². The molecule has 0 heterocycles. The van der Waals surface area contributed by atoms with Crippen molar-refractivity contribution in [2.24, 2.45) is 0 Å². The van der Waals surface area contributed by atoms with Gasteiger partial charge in [-0.25, -0.2) is 0 Å². The lowest BCUT2D eigenvalue weighted by molar-refractivity contribution is 0.0821. The van der Waals surface area contributed by atoms with Gasteiger partial charge in [-0.1, -0.05) is 17.7 Å². The van der Waals surface area contributed by atoms with Crippen LogP contribution in [0.25, 0.3) is 0 Å². The molecule has 0 unspecified atom stereocenters. The molecule has 2 N–H and O–H groups in total.